The fourth-order valence-electron chi connectivity index (χ4n) is 4.36. The number of aromatic nitrogens is 3. The van der Waals surface area contributed by atoms with Crippen LogP contribution in [0.1, 0.15) is 51.6 Å². The van der Waals surface area contributed by atoms with Gasteiger partial charge in [0.2, 0.25) is 16.0 Å². The second kappa shape index (κ2) is 7.22. The molecule has 0 aromatic carbocycles. The lowest BCUT2D eigenvalue weighted by atomic mass is 9.78. The first-order valence-corrected chi connectivity index (χ1v) is 10.7. The van der Waals surface area contributed by atoms with Crippen LogP contribution in [-0.2, 0) is 4.79 Å². The van der Waals surface area contributed by atoms with E-state index in [1.165, 1.54) is 34.8 Å². The maximum Gasteiger partial charge on any atom is 0.275 e. The van der Waals surface area contributed by atoms with Gasteiger partial charge in [-0.1, -0.05) is 38.0 Å². The summed E-state index contributed by atoms with van der Waals surface area (Å²) in [4.78, 5) is 32.2. The van der Waals surface area contributed by atoms with Crippen LogP contribution in [0, 0.1) is 18.8 Å². The summed E-state index contributed by atoms with van der Waals surface area (Å²) in [7, 11) is 0. The zero-order valence-electron chi connectivity index (χ0n) is 16.1. The molecule has 4 atom stereocenters. The minimum absolute atomic E-state index is 0.0918. The van der Waals surface area contributed by atoms with E-state index in [1.807, 2.05) is 4.90 Å². The molecule has 1 N–H and O–H groups in total. The normalized spacial score (nSPS) is 28.6. The molecule has 1 aliphatic carbocycles. The molecule has 2 aromatic rings. The number of carbonyl (C=O) groups excluding carboxylic acids is 1. The van der Waals surface area contributed by atoms with Crippen molar-refractivity contribution in [3.63, 3.8) is 0 Å². The fraction of sp³-hybridized carbons (Fsp3) is 0.684. The topological polar surface area (TPSA) is 79.6 Å². The molecule has 8 heteroatoms. The number of hydrogen-bond donors (Lipinski definition) is 1. The molecule has 146 valence electrons. The van der Waals surface area contributed by atoms with Gasteiger partial charge in [-0.3, -0.25) is 9.59 Å². The minimum Gasteiger partial charge on any atom is -0.351 e. The smallest absolute Gasteiger partial charge is 0.275 e. The number of carbonyl (C=O) groups is 1. The van der Waals surface area contributed by atoms with Crippen molar-refractivity contribution in [2.24, 2.45) is 11.8 Å². The summed E-state index contributed by atoms with van der Waals surface area (Å²) in [5, 5.41) is 8.46. The van der Waals surface area contributed by atoms with Crippen molar-refractivity contribution in [2.75, 3.05) is 11.4 Å². The average Bonchev–Trinajstić information content (AvgIpc) is 3.25. The van der Waals surface area contributed by atoms with E-state index < -0.39 is 0 Å². The van der Waals surface area contributed by atoms with Gasteiger partial charge in [-0.05, 0) is 38.0 Å². The van der Waals surface area contributed by atoms with Crippen molar-refractivity contribution in [1.29, 1.82) is 0 Å². The molecule has 2 fully saturated rings. The highest BCUT2D eigenvalue weighted by Crippen LogP contribution is 2.32. The Morgan fingerprint density at radius 1 is 1.26 bits per heavy atom. The zero-order chi connectivity index (χ0) is 19.1. The van der Waals surface area contributed by atoms with Crippen molar-refractivity contribution < 1.29 is 4.79 Å². The Kier molecular flexibility index (Phi) is 4.92. The molecule has 1 amide bonds. The molecule has 3 heterocycles. The summed E-state index contributed by atoms with van der Waals surface area (Å²) in [6.07, 6.45) is 5.25. The Morgan fingerprint density at radius 2 is 2.07 bits per heavy atom. The molecule has 4 rings (SSSR count). The van der Waals surface area contributed by atoms with Crippen molar-refractivity contribution >= 4 is 27.3 Å². The van der Waals surface area contributed by atoms with Crippen molar-refractivity contribution in [3.05, 3.63) is 22.1 Å². The van der Waals surface area contributed by atoms with Crippen molar-refractivity contribution in [2.45, 2.75) is 65.0 Å². The van der Waals surface area contributed by atoms with Gasteiger partial charge < -0.3 is 10.2 Å². The lowest BCUT2D eigenvalue weighted by Crippen LogP contribution is -2.50. The lowest BCUT2D eigenvalue weighted by Gasteiger charge is -2.36. The molecule has 1 saturated carbocycles. The largest absolute Gasteiger partial charge is 0.351 e. The Balaban J connectivity index is 1.54. The van der Waals surface area contributed by atoms with E-state index in [2.05, 4.69) is 29.2 Å². The summed E-state index contributed by atoms with van der Waals surface area (Å²) in [5.41, 5.74) is 0.511. The Morgan fingerprint density at radius 3 is 2.89 bits per heavy atom. The molecule has 1 aliphatic heterocycles. The third kappa shape index (κ3) is 3.47. The van der Waals surface area contributed by atoms with E-state index in [0.717, 1.165) is 25.8 Å². The van der Waals surface area contributed by atoms with E-state index in [0.29, 0.717) is 27.6 Å². The maximum absolute atomic E-state index is 13.0. The Bertz CT molecular complexity index is 907. The van der Waals surface area contributed by atoms with Crippen LogP contribution in [0.4, 0.5) is 5.13 Å². The fourth-order valence-corrected chi connectivity index (χ4v) is 5.39. The van der Waals surface area contributed by atoms with Gasteiger partial charge in [0, 0.05) is 24.3 Å². The first kappa shape index (κ1) is 18.4. The van der Waals surface area contributed by atoms with Gasteiger partial charge in [-0.25, -0.2) is 4.98 Å². The second-order valence-corrected chi connectivity index (χ2v) is 8.98. The monoisotopic (exact) mass is 389 g/mol. The minimum atomic E-state index is -0.216. The first-order valence-electron chi connectivity index (χ1n) is 9.88. The molecular formula is C19H27N5O2S. The van der Waals surface area contributed by atoms with Gasteiger partial charge in [0.25, 0.3) is 5.56 Å². The van der Waals surface area contributed by atoms with Gasteiger partial charge in [0.15, 0.2) is 0 Å². The highest BCUT2D eigenvalue weighted by molar-refractivity contribution is 7.20. The SMILES string of the molecule is Cc1cc(=O)n2nc(N3CCC[C@@H]3C(=O)N[C@@H]3CCC[C@H](C)[C@H]3C)sc2n1. The number of fused-ring (bicyclic) bond motifs is 1. The number of amides is 1. The van der Waals surface area contributed by atoms with Crippen molar-refractivity contribution in [3.8, 4) is 0 Å². The molecule has 27 heavy (non-hydrogen) atoms. The molecule has 0 bridgehead atoms. The molecular weight excluding hydrogens is 362 g/mol. The van der Waals surface area contributed by atoms with Crippen LogP contribution in [0.2, 0.25) is 0 Å². The third-order valence-corrected chi connectivity index (χ3v) is 7.14. The molecule has 0 radical (unpaired) electrons. The Hall–Kier alpha value is -1.96. The number of rotatable bonds is 3. The average molecular weight is 390 g/mol. The summed E-state index contributed by atoms with van der Waals surface area (Å²) < 4.78 is 1.34. The van der Waals surface area contributed by atoms with Gasteiger partial charge >= 0.3 is 0 Å². The number of aryl methyl sites for hydroxylation is 1. The summed E-state index contributed by atoms with van der Waals surface area (Å²) in [6.45, 7) is 7.11. The van der Waals surface area contributed by atoms with E-state index in [9.17, 15) is 9.59 Å². The van der Waals surface area contributed by atoms with Crippen LogP contribution < -0.4 is 15.8 Å². The van der Waals surface area contributed by atoms with E-state index in [4.69, 9.17) is 0 Å². The van der Waals surface area contributed by atoms with Crippen LogP contribution in [0.25, 0.3) is 4.96 Å². The van der Waals surface area contributed by atoms with Crippen LogP contribution in [0.3, 0.4) is 0 Å². The molecule has 0 unspecified atom stereocenters. The Labute approximate surface area is 162 Å². The van der Waals surface area contributed by atoms with Gasteiger partial charge in [0.05, 0.1) is 0 Å². The zero-order valence-corrected chi connectivity index (χ0v) is 17.0. The number of anilines is 1. The number of hydrogen-bond acceptors (Lipinski definition) is 6. The van der Waals surface area contributed by atoms with Gasteiger partial charge in [0.1, 0.15) is 6.04 Å². The van der Waals surface area contributed by atoms with Crippen LogP contribution in [0.5, 0.6) is 0 Å². The van der Waals surface area contributed by atoms with Gasteiger partial charge in [-0.15, -0.1) is 5.10 Å². The van der Waals surface area contributed by atoms with Crippen LogP contribution >= 0.6 is 11.3 Å². The number of nitrogens with zero attached hydrogens (tertiary/aromatic N) is 4. The molecule has 0 spiro atoms. The highest BCUT2D eigenvalue weighted by atomic mass is 32.1. The summed E-state index contributed by atoms with van der Waals surface area (Å²) in [5.74, 6) is 1.24. The van der Waals surface area contributed by atoms with E-state index >= 15 is 0 Å². The molecule has 7 nitrogen and oxygen atoms in total. The highest BCUT2D eigenvalue weighted by Gasteiger charge is 2.36. The molecule has 1 saturated heterocycles. The van der Waals surface area contributed by atoms with E-state index in [1.54, 1.807) is 6.92 Å². The third-order valence-electron chi connectivity index (χ3n) is 6.20. The van der Waals surface area contributed by atoms with Gasteiger partial charge in [-0.2, -0.15) is 4.52 Å². The second-order valence-electron chi connectivity index (χ2n) is 8.05. The van der Waals surface area contributed by atoms with E-state index in [-0.39, 0.29) is 23.6 Å². The standard InChI is InChI=1S/C19H27N5O2S/c1-11-6-4-7-14(13(11)3)21-17(26)15-8-5-9-23(15)19-22-24-16(25)10-12(2)20-18(24)27-19/h10-11,13-15H,4-9H2,1-3H3,(H,21,26)/t11-,13+,14+,15+/m0/s1. The summed E-state index contributed by atoms with van der Waals surface area (Å²) >= 11 is 1.38. The predicted octanol–water partition coefficient (Wildman–Crippen LogP) is 2.37. The molecule has 2 aromatic heterocycles. The first-order chi connectivity index (χ1) is 12.9. The van der Waals surface area contributed by atoms with Crippen LogP contribution in [-0.4, -0.2) is 39.1 Å². The lowest BCUT2D eigenvalue weighted by molar-refractivity contribution is -0.123. The molecule has 2 aliphatic rings. The quantitative estimate of drug-likeness (QED) is 0.872. The number of nitrogens with one attached hydrogen (secondary N) is 1. The summed E-state index contributed by atoms with van der Waals surface area (Å²) in [6, 6.07) is 1.52. The maximum atomic E-state index is 13.0. The predicted molar refractivity (Wildman–Crippen MR) is 106 cm³/mol. The van der Waals surface area contributed by atoms with Crippen molar-refractivity contribution in [1.82, 2.24) is 19.9 Å². The van der Waals surface area contributed by atoms with Crippen LogP contribution in [0.15, 0.2) is 10.9 Å².